The Hall–Kier alpha value is -1.47. The molecule has 0 heterocycles. The van der Waals surface area contributed by atoms with E-state index in [4.69, 9.17) is 5.11 Å². The maximum atomic E-state index is 11.5. The number of esters is 2. The van der Waals surface area contributed by atoms with Crippen LogP contribution in [0.25, 0.3) is 0 Å². The zero-order valence-electron chi connectivity index (χ0n) is 10.7. The second-order valence-corrected chi connectivity index (χ2v) is 4.56. The lowest BCUT2D eigenvalue weighted by molar-refractivity contribution is -0.157. The second kappa shape index (κ2) is 7.07. The molecule has 0 saturated carbocycles. The number of nitrogens with one attached hydrogen (secondary N) is 1. The molecular weight excluding hydrogens is 242 g/mol. The minimum Gasteiger partial charge on any atom is -0.396 e. The number of hydrogen-bond donors (Lipinski definition) is 3. The minimum atomic E-state index is -1.38. The lowest BCUT2D eigenvalue weighted by Gasteiger charge is -2.27. The van der Waals surface area contributed by atoms with Gasteiger partial charge in [0.1, 0.15) is 6.10 Å². The largest absolute Gasteiger partial charge is 0.396 e. The summed E-state index contributed by atoms with van der Waals surface area (Å²) < 4.78 is 4.25. The lowest BCUT2D eigenvalue weighted by atomic mass is 9.87. The fourth-order valence-electron chi connectivity index (χ4n) is 1.04. The molecule has 104 valence electrons. The van der Waals surface area contributed by atoms with Crippen molar-refractivity contribution in [2.24, 2.45) is 5.41 Å². The number of aliphatic hydroxyl groups is 2. The number of ether oxygens (including phenoxy) is 1. The van der Waals surface area contributed by atoms with E-state index in [-0.39, 0.29) is 19.6 Å². The minimum absolute atomic E-state index is 0.0521. The van der Waals surface area contributed by atoms with Crippen molar-refractivity contribution >= 4 is 17.8 Å². The number of aliphatic hydroxyl groups excluding tert-OH is 2. The fraction of sp³-hybridized carbons (Fsp3) is 0.727. The highest BCUT2D eigenvalue weighted by Crippen LogP contribution is 2.19. The summed E-state index contributed by atoms with van der Waals surface area (Å²) in [5.74, 6) is -2.16. The van der Waals surface area contributed by atoms with Crippen LogP contribution < -0.4 is 5.32 Å². The zero-order valence-corrected chi connectivity index (χ0v) is 10.7. The summed E-state index contributed by atoms with van der Waals surface area (Å²) in [5, 5.41) is 20.9. The molecule has 0 aromatic carbocycles. The van der Waals surface area contributed by atoms with E-state index in [0.717, 1.165) is 6.92 Å². The van der Waals surface area contributed by atoms with Gasteiger partial charge in [0.2, 0.25) is 5.91 Å². The molecule has 0 aromatic rings. The Morgan fingerprint density at radius 2 is 1.89 bits per heavy atom. The molecule has 0 bridgehead atoms. The Morgan fingerprint density at radius 3 is 2.33 bits per heavy atom. The zero-order chi connectivity index (χ0) is 14.3. The van der Waals surface area contributed by atoms with Crippen LogP contribution in [0.3, 0.4) is 0 Å². The van der Waals surface area contributed by atoms with Crippen LogP contribution in [0.15, 0.2) is 0 Å². The van der Waals surface area contributed by atoms with Gasteiger partial charge >= 0.3 is 11.9 Å². The van der Waals surface area contributed by atoms with Gasteiger partial charge in [-0.3, -0.25) is 14.4 Å². The van der Waals surface area contributed by atoms with Crippen LogP contribution >= 0.6 is 0 Å². The number of hydrogen-bond acceptors (Lipinski definition) is 6. The molecule has 7 nitrogen and oxygen atoms in total. The fourth-order valence-corrected chi connectivity index (χ4v) is 1.04. The molecule has 0 fully saturated rings. The van der Waals surface area contributed by atoms with E-state index in [1.54, 1.807) is 0 Å². The molecule has 0 aliphatic rings. The molecule has 1 amide bonds. The Morgan fingerprint density at radius 1 is 1.33 bits per heavy atom. The molecule has 0 saturated heterocycles. The summed E-state index contributed by atoms with van der Waals surface area (Å²) in [6, 6.07) is 0. The molecule has 1 atom stereocenters. The monoisotopic (exact) mass is 261 g/mol. The van der Waals surface area contributed by atoms with Gasteiger partial charge < -0.3 is 20.3 Å². The topological polar surface area (TPSA) is 113 Å². The number of carbonyl (C=O) groups is 3. The summed E-state index contributed by atoms with van der Waals surface area (Å²) in [7, 11) is 0. The van der Waals surface area contributed by atoms with Crippen molar-refractivity contribution < 1.29 is 29.3 Å². The van der Waals surface area contributed by atoms with Crippen molar-refractivity contribution in [1.82, 2.24) is 5.32 Å². The molecule has 7 heteroatoms. The third-order valence-corrected chi connectivity index (χ3v) is 2.28. The third-order valence-electron chi connectivity index (χ3n) is 2.28. The van der Waals surface area contributed by atoms with Crippen molar-refractivity contribution in [3.63, 3.8) is 0 Å². The van der Waals surface area contributed by atoms with Gasteiger partial charge in [-0.05, 0) is 0 Å². The Kier molecular flexibility index (Phi) is 6.50. The van der Waals surface area contributed by atoms with Crippen LogP contribution in [0, 0.1) is 5.41 Å². The predicted molar refractivity (Wildman–Crippen MR) is 61.3 cm³/mol. The molecular formula is C11H19NO6. The summed E-state index contributed by atoms with van der Waals surface area (Å²) >= 11 is 0. The van der Waals surface area contributed by atoms with Gasteiger partial charge in [0.15, 0.2) is 0 Å². The van der Waals surface area contributed by atoms with E-state index in [0.29, 0.717) is 0 Å². The molecule has 0 aromatic heterocycles. The standard InChI is InChI=1S/C11H19NO6/c1-7(14)18-8(15)4-5-12-10(17)9(16)11(2,3)6-13/h9,13,16H,4-6H2,1-3H3,(H,12,17). The molecule has 0 aliphatic heterocycles. The highest BCUT2D eigenvalue weighted by atomic mass is 16.6. The molecule has 0 radical (unpaired) electrons. The van der Waals surface area contributed by atoms with Gasteiger partial charge in [0.05, 0.1) is 13.0 Å². The van der Waals surface area contributed by atoms with Crippen LogP contribution in [-0.4, -0.2) is 47.3 Å². The van der Waals surface area contributed by atoms with Gasteiger partial charge in [-0.15, -0.1) is 0 Å². The molecule has 0 rings (SSSR count). The van der Waals surface area contributed by atoms with Crippen LogP contribution in [-0.2, 0) is 19.1 Å². The van der Waals surface area contributed by atoms with E-state index in [1.165, 1.54) is 13.8 Å². The van der Waals surface area contributed by atoms with E-state index >= 15 is 0 Å². The molecule has 0 spiro atoms. The molecule has 18 heavy (non-hydrogen) atoms. The quantitative estimate of drug-likeness (QED) is 0.416. The highest BCUT2D eigenvalue weighted by molar-refractivity contribution is 5.85. The number of carbonyl (C=O) groups excluding carboxylic acids is 3. The van der Waals surface area contributed by atoms with Crippen LogP contribution in [0.5, 0.6) is 0 Å². The first-order chi connectivity index (χ1) is 8.20. The van der Waals surface area contributed by atoms with Gasteiger partial charge in [-0.1, -0.05) is 13.8 Å². The predicted octanol–water partition coefficient (Wildman–Crippen LogP) is -1.04. The Balaban J connectivity index is 4.05. The Labute approximate surface area is 105 Å². The van der Waals surface area contributed by atoms with Crippen molar-refractivity contribution in [2.75, 3.05) is 13.2 Å². The van der Waals surface area contributed by atoms with Crippen LogP contribution in [0.4, 0.5) is 0 Å². The highest BCUT2D eigenvalue weighted by Gasteiger charge is 2.32. The van der Waals surface area contributed by atoms with E-state index in [9.17, 15) is 19.5 Å². The second-order valence-electron chi connectivity index (χ2n) is 4.56. The van der Waals surface area contributed by atoms with Crippen molar-refractivity contribution in [3.8, 4) is 0 Å². The van der Waals surface area contributed by atoms with Crippen molar-refractivity contribution in [2.45, 2.75) is 33.3 Å². The first kappa shape index (κ1) is 16.5. The van der Waals surface area contributed by atoms with Gasteiger partial charge in [-0.25, -0.2) is 0 Å². The number of rotatable bonds is 6. The molecule has 3 N–H and O–H groups in total. The SMILES string of the molecule is CC(=O)OC(=O)CCNC(=O)C(O)C(C)(C)CO. The summed E-state index contributed by atoms with van der Waals surface area (Å²) in [4.78, 5) is 32.9. The summed E-state index contributed by atoms with van der Waals surface area (Å²) in [5.41, 5.74) is -0.968. The van der Waals surface area contributed by atoms with Crippen LogP contribution in [0.2, 0.25) is 0 Å². The number of amides is 1. The van der Waals surface area contributed by atoms with E-state index < -0.39 is 29.4 Å². The van der Waals surface area contributed by atoms with Crippen molar-refractivity contribution in [1.29, 1.82) is 0 Å². The first-order valence-electron chi connectivity index (χ1n) is 5.48. The van der Waals surface area contributed by atoms with Gasteiger partial charge in [-0.2, -0.15) is 0 Å². The van der Waals surface area contributed by atoms with E-state index in [1.807, 2.05) is 0 Å². The van der Waals surface area contributed by atoms with E-state index in [2.05, 4.69) is 10.1 Å². The average Bonchev–Trinajstić information content (AvgIpc) is 2.26. The third kappa shape index (κ3) is 5.74. The lowest BCUT2D eigenvalue weighted by Crippen LogP contribution is -2.46. The van der Waals surface area contributed by atoms with Gasteiger partial charge in [0.25, 0.3) is 0 Å². The normalized spacial score (nSPS) is 12.7. The van der Waals surface area contributed by atoms with Crippen LogP contribution in [0.1, 0.15) is 27.2 Å². The first-order valence-corrected chi connectivity index (χ1v) is 5.48. The maximum absolute atomic E-state index is 11.5. The van der Waals surface area contributed by atoms with Crippen molar-refractivity contribution in [3.05, 3.63) is 0 Å². The summed E-state index contributed by atoms with van der Waals surface area (Å²) in [6.07, 6.45) is -1.55. The summed E-state index contributed by atoms with van der Waals surface area (Å²) in [6.45, 7) is 3.75. The Bertz CT molecular complexity index is 325. The maximum Gasteiger partial charge on any atom is 0.315 e. The average molecular weight is 261 g/mol. The molecule has 1 unspecified atom stereocenters. The molecule has 0 aliphatic carbocycles. The van der Waals surface area contributed by atoms with Gasteiger partial charge in [0, 0.05) is 18.9 Å². The smallest absolute Gasteiger partial charge is 0.315 e.